The van der Waals surface area contributed by atoms with E-state index in [1.807, 2.05) is 6.07 Å². The summed E-state index contributed by atoms with van der Waals surface area (Å²) in [6.07, 6.45) is 3.69. The van der Waals surface area contributed by atoms with Gasteiger partial charge < -0.3 is 5.73 Å². The van der Waals surface area contributed by atoms with Crippen LogP contribution in [0.2, 0.25) is 0 Å². The lowest BCUT2D eigenvalue weighted by Crippen LogP contribution is -2.37. The second-order valence-electron chi connectivity index (χ2n) is 4.50. The minimum Gasteiger partial charge on any atom is -0.393 e. The fraction of sp³-hybridized carbons (Fsp3) is 0.500. The predicted octanol–water partition coefficient (Wildman–Crippen LogP) is 1.30. The largest absolute Gasteiger partial charge is 0.393 e. The molecule has 0 aliphatic rings. The molecule has 0 atom stereocenters. The molecule has 0 radical (unpaired) electrons. The zero-order valence-electron chi connectivity index (χ0n) is 11.1. The highest BCUT2D eigenvalue weighted by Crippen LogP contribution is 2.13. The highest BCUT2D eigenvalue weighted by atomic mass is 32.2. The molecule has 0 bridgehead atoms. The Morgan fingerprint density at radius 2 is 2.21 bits per heavy atom. The van der Waals surface area contributed by atoms with Gasteiger partial charge in [-0.15, -0.1) is 0 Å². The summed E-state index contributed by atoms with van der Waals surface area (Å²) in [5.41, 5.74) is 6.29. The van der Waals surface area contributed by atoms with E-state index in [1.54, 1.807) is 32.3 Å². The fourth-order valence-corrected chi connectivity index (χ4v) is 2.89. The Bertz CT molecular complexity index is 515. The van der Waals surface area contributed by atoms with Gasteiger partial charge in [0.05, 0.1) is 10.2 Å². The Hall–Kier alpha value is -1.05. The van der Waals surface area contributed by atoms with Crippen LogP contribution >= 0.6 is 12.2 Å². The molecule has 1 heterocycles. The van der Waals surface area contributed by atoms with E-state index in [-0.39, 0.29) is 6.54 Å². The molecule has 7 heteroatoms. The Balaban J connectivity index is 2.90. The summed E-state index contributed by atoms with van der Waals surface area (Å²) >= 11 is 4.81. The van der Waals surface area contributed by atoms with Gasteiger partial charge in [-0.25, -0.2) is 8.42 Å². The van der Waals surface area contributed by atoms with Gasteiger partial charge in [0, 0.05) is 31.9 Å². The first-order valence-corrected chi connectivity index (χ1v) is 7.91. The van der Waals surface area contributed by atoms with Crippen molar-refractivity contribution in [3.8, 4) is 0 Å². The third-order valence-corrected chi connectivity index (χ3v) is 5.07. The maximum atomic E-state index is 12.3. The van der Waals surface area contributed by atoms with Crippen molar-refractivity contribution in [1.29, 1.82) is 0 Å². The topological polar surface area (TPSA) is 76.3 Å². The third-order valence-electron chi connectivity index (χ3n) is 2.64. The van der Waals surface area contributed by atoms with E-state index in [1.165, 1.54) is 4.31 Å². The first-order valence-electron chi connectivity index (χ1n) is 6.00. The number of hydrogen-bond donors (Lipinski definition) is 1. The Labute approximate surface area is 119 Å². The van der Waals surface area contributed by atoms with E-state index < -0.39 is 15.3 Å². The van der Waals surface area contributed by atoms with E-state index in [9.17, 15) is 8.42 Å². The lowest BCUT2D eigenvalue weighted by molar-refractivity contribution is 0.410. The smallest absolute Gasteiger partial charge is 0.216 e. The van der Waals surface area contributed by atoms with Crippen molar-refractivity contribution in [3.63, 3.8) is 0 Å². The van der Waals surface area contributed by atoms with Gasteiger partial charge >= 0.3 is 0 Å². The summed E-state index contributed by atoms with van der Waals surface area (Å²) in [5.74, 6) is 0. The number of pyridine rings is 1. The van der Waals surface area contributed by atoms with Crippen molar-refractivity contribution in [3.05, 3.63) is 30.1 Å². The fourth-order valence-electron chi connectivity index (χ4n) is 1.52. The highest BCUT2D eigenvalue weighted by Gasteiger charge is 2.25. The van der Waals surface area contributed by atoms with Gasteiger partial charge in [-0.3, -0.25) is 4.98 Å². The number of aromatic nitrogens is 1. The van der Waals surface area contributed by atoms with Crippen LogP contribution in [-0.2, 0) is 16.6 Å². The molecule has 0 saturated carbocycles. The van der Waals surface area contributed by atoms with Crippen LogP contribution in [0.5, 0.6) is 0 Å². The van der Waals surface area contributed by atoms with E-state index >= 15 is 0 Å². The molecule has 0 saturated heterocycles. The second-order valence-corrected chi connectivity index (χ2v) is 7.52. The molecule has 19 heavy (non-hydrogen) atoms. The van der Waals surface area contributed by atoms with E-state index in [2.05, 4.69) is 4.98 Å². The van der Waals surface area contributed by atoms with Gasteiger partial charge in [0.1, 0.15) is 0 Å². The van der Waals surface area contributed by atoms with E-state index in [0.717, 1.165) is 5.56 Å². The van der Waals surface area contributed by atoms with Crippen LogP contribution in [0.25, 0.3) is 0 Å². The highest BCUT2D eigenvalue weighted by molar-refractivity contribution is 7.89. The molecule has 0 spiro atoms. The van der Waals surface area contributed by atoms with E-state index in [4.69, 9.17) is 18.0 Å². The molecule has 5 nitrogen and oxygen atoms in total. The summed E-state index contributed by atoms with van der Waals surface area (Å²) in [6, 6.07) is 3.62. The van der Waals surface area contributed by atoms with Gasteiger partial charge in [0.2, 0.25) is 10.0 Å². The molecule has 0 aliphatic heterocycles. The van der Waals surface area contributed by atoms with Crippen LogP contribution < -0.4 is 5.73 Å². The first-order chi connectivity index (χ1) is 8.84. The summed E-state index contributed by atoms with van der Waals surface area (Å²) in [4.78, 5) is 4.30. The van der Waals surface area contributed by atoms with Crippen molar-refractivity contribution in [1.82, 2.24) is 9.29 Å². The zero-order valence-corrected chi connectivity index (χ0v) is 12.7. The van der Waals surface area contributed by atoms with Crippen LogP contribution in [0.4, 0.5) is 0 Å². The van der Waals surface area contributed by atoms with Crippen LogP contribution in [0.1, 0.15) is 25.8 Å². The monoisotopic (exact) mass is 301 g/mol. The minimum atomic E-state index is -3.34. The average molecular weight is 301 g/mol. The van der Waals surface area contributed by atoms with Gasteiger partial charge in [0.15, 0.2) is 0 Å². The van der Waals surface area contributed by atoms with Gasteiger partial charge in [-0.1, -0.05) is 18.3 Å². The molecular formula is C12H19N3O2S2. The molecule has 0 aliphatic carbocycles. The Kier molecular flexibility index (Phi) is 5.84. The van der Waals surface area contributed by atoms with Crippen molar-refractivity contribution in [2.24, 2.45) is 5.73 Å². The summed E-state index contributed by atoms with van der Waals surface area (Å²) in [7, 11) is -3.34. The van der Waals surface area contributed by atoms with Crippen LogP contribution in [0.15, 0.2) is 24.5 Å². The first kappa shape index (κ1) is 16.0. The number of nitrogens with two attached hydrogens (primary N) is 1. The summed E-state index contributed by atoms with van der Waals surface area (Å²) in [5, 5.41) is -0.476. The molecule has 1 aromatic rings. The molecule has 1 aromatic heterocycles. The van der Waals surface area contributed by atoms with Crippen LogP contribution in [0.3, 0.4) is 0 Å². The maximum Gasteiger partial charge on any atom is 0.216 e. The van der Waals surface area contributed by atoms with Crippen LogP contribution in [-0.4, -0.2) is 34.5 Å². The molecular weight excluding hydrogens is 282 g/mol. The van der Waals surface area contributed by atoms with Crippen molar-refractivity contribution >= 4 is 27.2 Å². The minimum absolute atomic E-state index is 0.289. The average Bonchev–Trinajstić information content (AvgIpc) is 2.35. The summed E-state index contributed by atoms with van der Waals surface area (Å²) < 4.78 is 25.9. The number of rotatable bonds is 7. The zero-order chi connectivity index (χ0) is 14.5. The number of nitrogens with zero attached hydrogens (tertiary/aromatic N) is 2. The normalized spacial score (nSPS) is 12.0. The molecule has 106 valence electrons. The maximum absolute atomic E-state index is 12.3. The summed E-state index contributed by atoms with van der Waals surface area (Å²) in [6.45, 7) is 3.90. The molecule has 2 N–H and O–H groups in total. The Morgan fingerprint density at radius 1 is 1.53 bits per heavy atom. The molecule has 0 unspecified atom stereocenters. The van der Waals surface area contributed by atoms with Crippen molar-refractivity contribution in [2.75, 3.05) is 6.54 Å². The van der Waals surface area contributed by atoms with Crippen LogP contribution in [0, 0.1) is 0 Å². The third kappa shape index (κ3) is 4.85. The van der Waals surface area contributed by atoms with Gasteiger partial charge in [-0.2, -0.15) is 4.31 Å². The number of thiocarbonyl (C=S) groups is 1. The predicted molar refractivity (Wildman–Crippen MR) is 80.1 cm³/mol. The Morgan fingerprint density at radius 3 is 2.68 bits per heavy atom. The van der Waals surface area contributed by atoms with E-state index in [0.29, 0.717) is 18.0 Å². The standard InChI is InChI=1S/C12H19N3O2S2/c1-10(2)19(16,17)15(7-5-12(13)18)9-11-4-3-6-14-8-11/h3-4,6,8,10H,5,7,9H2,1-2H3,(H2,13,18). The lowest BCUT2D eigenvalue weighted by Gasteiger charge is -2.24. The molecule has 0 aromatic carbocycles. The number of sulfonamides is 1. The lowest BCUT2D eigenvalue weighted by atomic mass is 10.3. The van der Waals surface area contributed by atoms with Crippen molar-refractivity contribution < 1.29 is 8.42 Å². The second kappa shape index (κ2) is 6.93. The van der Waals surface area contributed by atoms with Gasteiger partial charge in [-0.05, 0) is 25.5 Å². The molecule has 1 rings (SSSR count). The SMILES string of the molecule is CC(C)S(=O)(=O)N(CCC(N)=S)Cc1cccnc1. The van der Waals surface area contributed by atoms with Gasteiger partial charge in [0.25, 0.3) is 0 Å². The number of hydrogen-bond acceptors (Lipinski definition) is 4. The molecule has 0 amide bonds. The molecule has 0 fully saturated rings. The van der Waals surface area contributed by atoms with Crippen molar-refractivity contribution in [2.45, 2.75) is 32.1 Å². The quantitative estimate of drug-likeness (QED) is 0.768.